The fraction of sp³-hybridized carbons (Fsp3) is 0.667. The van der Waals surface area contributed by atoms with Gasteiger partial charge in [0.15, 0.2) is 0 Å². The van der Waals surface area contributed by atoms with Crippen LogP contribution in [0.1, 0.15) is 34.1 Å². The van der Waals surface area contributed by atoms with E-state index in [0.717, 1.165) is 24.6 Å². The Hall–Kier alpha value is -1.32. The van der Waals surface area contributed by atoms with Gasteiger partial charge in [-0.2, -0.15) is 0 Å². The molecule has 1 N–H and O–H groups in total. The standard InChI is InChI=1S/C12H22N4/c1-6-12(3,4)16(5)11-8-10(13-7-2)14-9-15-11/h8-9H,6-7H2,1-5H3,(H,13,14,15). The SMILES string of the molecule is CCNc1cc(N(C)C(C)(C)CC)ncn1. The van der Waals surface area contributed by atoms with Crippen molar-refractivity contribution in [1.29, 1.82) is 0 Å². The van der Waals surface area contributed by atoms with Crippen molar-refractivity contribution in [2.24, 2.45) is 0 Å². The lowest BCUT2D eigenvalue weighted by molar-refractivity contribution is 0.467. The van der Waals surface area contributed by atoms with E-state index in [2.05, 4.69) is 54.9 Å². The molecule has 0 aliphatic carbocycles. The minimum atomic E-state index is 0.109. The number of anilines is 2. The van der Waals surface area contributed by atoms with Crippen LogP contribution in [-0.4, -0.2) is 29.1 Å². The Balaban J connectivity index is 2.91. The summed E-state index contributed by atoms with van der Waals surface area (Å²) in [6.07, 6.45) is 2.68. The molecule has 0 saturated carbocycles. The summed E-state index contributed by atoms with van der Waals surface area (Å²) in [5.74, 6) is 1.84. The second kappa shape index (κ2) is 5.14. The molecule has 0 atom stereocenters. The first kappa shape index (κ1) is 12.7. The number of nitrogens with zero attached hydrogens (tertiary/aromatic N) is 3. The Morgan fingerprint density at radius 3 is 2.56 bits per heavy atom. The lowest BCUT2D eigenvalue weighted by atomic mass is 10.0. The lowest BCUT2D eigenvalue weighted by Crippen LogP contribution is -2.41. The first-order valence-corrected chi connectivity index (χ1v) is 5.81. The molecule has 0 aromatic carbocycles. The van der Waals surface area contributed by atoms with Crippen molar-refractivity contribution in [2.75, 3.05) is 23.8 Å². The molecule has 4 heteroatoms. The zero-order valence-corrected chi connectivity index (χ0v) is 10.9. The third kappa shape index (κ3) is 2.84. The number of rotatable bonds is 5. The summed E-state index contributed by atoms with van der Waals surface area (Å²) in [6.45, 7) is 9.53. The summed E-state index contributed by atoms with van der Waals surface area (Å²) in [6, 6.07) is 1.99. The first-order chi connectivity index (χ1) is 7.51. The highest BCUT2D eigenvalue weighted by molar-refractivity contribution is 5.49. The molecule has 1 aromatic rings. The normalized spacial score (nSPS) is 11.3. The van der Waals surface area contributed by atoms with Gasteiger partial charge in [-0.25, -0.2) is 9.97 Å². The predicted octanol–water partition coefficient (Wildman–Crippen LogP) is 2.53. The molecule has 0 unspecified atom stereocenters. The molecule has 0 amide bonds. The van der Waals surface area contributed by atoms with Gasteiger partial charge in [0, 0.05) is 25.2 Å². The van der Waals surface area contributed by atoms with Crippen molar-refractivity contribution in [1.82, 2.24) is 9.97 Å². The number of hydrogen-bond acceptors (Lipinski definition) is 4. The van der Waals surface area contributed by atoms with Gasteiger partial charge >= 0.3 is 0 Å². The second-order valence-electron chi connectivity index (χ2n) is 4.52. The van der Waals surface area contributed by atoms with Crippen LogP contribution in [0.3, 0.4) is 0 Å². The Morgan fingerprint density at radius 2 is 2.00 bits per heavy atom. The van der Waals surface area contributed by atoms with Crippen molar-refractivity contribution in [3.05, 3.63) is 12.4 Å². The maximum absolute atomic E-state index is 4.31. The fourth-order valence-corrected chi connectivity index (χ4v) is 1.36. The topological polar surface area (TPSA) is 41.0 Å². The van der Waals surface area contributed by atoms with Crippen molar-refractivity contribution in [2.45, 2.75) is 39.7 Å². The average molecular weight is 222 g/mol. The van der Waals surface area contributed by atoms with E-state index in [-0.39, 0.29) is 5.54 Å². The Morgan fingerprint density at radius 1 is 1.31 bits per heavy atom. The number of aromatic nitrogens is 2. The third-order valence-electron chi connectivity index (χ3n) is 3.13. The van der Waals surface area contributed by atoms with Crippen LogP contribution in [0, 0.1) is 0 Å². The molecule has 0 aliphatic rings. The van der Waals surface area contributed by atoms with Crippen molar-refractivity contribution in [3.8, 4) is 0 Å². The van der Waals surface area contributed by atoms with Gasteiger partial charge < -0.3 is 10.2 Å². The van der Waals surface area contributed by atoms with E-state index in [0.29, 0.717) is 0 Å². The van der Waals surface area contributed by atoms with Crippen molar-refractivity contribution >= 4 is 11.6 Å². The van der Waals surface area contributed by atoms with Gasteiger partial charge in [-0.05, 0) is 27.2 Å². The number of nitrogens with one attached hydrogen (secondary N) is 1. The van der Waals surface area contributed by atoms with E-state index in [9.17, 15) is 0 Å². The molecule has 0 bridgehead atoms. The maximum Gasteiger partial charge on any atom is 0.134 e. The molecule has 0 aliphatic heterocycles. The minimum absolute atomic E-state index is 0.109. The molecule has 4 nitrogen and oxygen atoms in total. The van der Waals surface area contributed by atoms with Gasteiger partial charge in [-0.1, -0.05) is 6.92 Å². The van der Waals surface area contributed by atoms with Crippen LogP contribution >= 0.6 is 0 Å². The van der Waals surface area contributed by atoms with Crippen molar-refractivity contribution < 1.29 is 0 Å². The Bertz CT molecular complexity index is 336. The summed E-state index contributed by atoms with van der Waals surface area (Å²) < 4.78 is 0. The molecule has 1 aromatic heterocycles. The quantitative estimate of drug-likeness (QED) is 0.831. The largest absolute Gasteiger partial charge is 0.370 e. The molecule has 1 rings (SSSR count). The van der Waals surface area contributed by atoms with Gasteiger partial charge in [-0.3, -0.25) is 0 Å². The van der Waals surface area contributed by atoms with Crippen LogP contribution in [0.4, 0.5) is 11.6 Å². The lowest BCUT2D eigenvalue weighted by Gasteiger charge is -2.35. The first-order valence-electron chi connectivity index (χ1n) is 5.81. The molecule has 1 heterocycles. The van der Waals surface area contributed by atoms with E-state index in [4.69, 9.17) is 0 Å². The van der Waals surface area contributed by atoms with Gasteiger partial charge in [0.05, 0.1) is 0 Å². The molecule has 90 valence electrons. The van der Waals surface area contributed by atoms with Crippen LogP contribution in [0.2, 0.25) is 0 Å². The van der Waals surface area contributed by atoms with Crippen LogP contribution in [0.25, 0.3) is 0 Å². The second-order valence-corrected chi connectivity index (χ2v) is 4.52. The highest BCUT2D eigenvalue weighted by Gasteiger charge is 2.22. The van der Waals surface area contributed by atoms with Crippen LogP contribution in [0.15, 0.2) is 12.4 Å². The zero-order valence-electron chi connectivity index (χ0n) is 10.9. The van der Waals surface area contributed by atoms with Gasteiger partial charge in [0.25, 0.3) is 0 Å². The molecule has 16 heavy (non-hydrogen) atoms. The van der Waals surface area contributed by atoms with Gasteiger partial charge in [0.2, 0.25) is 0 Å². The summed E-state index contributed by atoms with van der Waals surface area (Å²) >= 11 is 0. The van der Waals surface area contributed by atoms with Gasteiger partial charge in [0.1, 0.15) is 18.0 Å². The highest BCUT2D eigenvalue weighted by atomic mass is 15.2. The number of hydrogen-bond donors (Lipinski definition) is 1. The molecule has 0 fully saturated rings. The van der Waals surface area contributed by atoms with Crippen molar-refractivity contribution in [3.63, 3.8) is 0 Å². The van der Waals surface area contributed by atoms with E-state index in [1.165, 1.54) is 0 Å². The smallest absolute Gasteiger partial charge is 0.134 e. The highest BCUT2D eigenvalue weighted by Crippen LogP contribution is 2.23. The molecule has 0 saturated heterocycles. The van der Waals surface area contributed by atoms with Gasteiger partial charge in [-0.15, -0.1) is 0 Å². The summed E-state index contributed by atoms with van der Waals surface area (Å²) in [5, 5.41) is 3.19. The van der Waals surface area contributed by atoms with Crippen LogP contribution in [0.5, 0.6) is 0 Å². The van der Waals surface area contributed by atoms with Crippen LogP contribution in [-0.2, 0) is 0 Å². The summed E-state index contributed by atoms with van der Waals surface area (Å²) in [5.41, 5.74) is 0.109. The predicted molar refractivity (Wildman–Crippen MR) is 69.0 cm³/mol. The Kier molecular flexibility index (Phi) is 4.10. The van der Waals surface area contributed by atoms with Crippen LogP contribution < -0.4 is 10.2 Å². The minimum Gasteiger partial charge on any atom is -0.370 e. The van der Waals surface area contributed by atoms with E-state index in [1.54, 1.807) is 6.33 Å². The fourth-order valence-electron chi connectivity index (χ4n) is 1.36. The zero-order chi connectivity index (χ0) is 12.2. The molecule has 0 spiro atoms. The van der Waals surface area contributed by atoms with E-state index >= 15 is 0 Å². The third-order valence-corrected chi connectivity index (χ3v) is 3.13. The average Bonchev–Trinajstić information content (AvgIpc) is 2.29. The van der Waals surface area contributed by atoms with E-state index < -0.39 is 0 Å². The molecular weight excluding hydrogens is 200 g/mol. The molecule has 0 radical (unpaired) electrons. The van der Waals surface area contributed by atoms with E-state index in [1.807, 2.05) is 6.07 Å². The monoisotopic (exact) mass is 222 g/mol. The summed E-state index contributed by atoms with van der Waals surface area (Å²) in [7, 11) is 2.07. The molecular formula is C12H22N4. The maximum atomic E-state index is 4.31. The summed E-state index contributed by atoms with van der Waals surface area (Å²) in [4.78, 5) is 10.7. The Labute approximate surface area is 98.1 Å².